The monoisotopic (exact) mass is 355 g/mol. The second kappa shape index (κ2) is 15.9. The van der Waals surface area contributed by atoms with Gasteiger partial charge in [-0.25, -0.2) is 9.59 Å². The lowest BCUT2D eigenvalue weighted by molar-refractivity contribution is -0.140. The lowest BCUT2D eigenvalue weighted by Gasteiger charge is -2.09. The Morgan fingerprint density at radius 1 is 0.880 bits per heavy atom. The minimum absolute atomic E-state index is 0.270. The van der Waals surface area contributed by atoms with Crippen LogP contribution in [0.3, 0.4) is 0 Å². The quantitative estimate of drug-likeness (QED) is 0.319. The number of unbranched alkanes of at least 4 members (excludes halogenated alkanes) is 2. The number of ether oxygens (including phenoxy) is 2. The van der Waals surface area contributed by atoms with Crippen LogP contribution in [0.15, 0.2) is 24.3 Å². The molecule has 0 N–H and O–H groups in total. The van der Waals surface area contributed by atoms with E-state index in [0.29, 0.717) is 24.4 Å². The summed E-state index contributed by atoms with van der Waals surface area (Å²) in [5.74, 6) is 0.189. The van der Waals surface area contributed by atoms with Crippen LogP contribution in [0.1, 0.15) is 53.4 Å². The molecular formula is C20H37NO4. The second-order valence-electron chi connectivity index (χ2n) is 6.88. The summed E-state index contributed by atoms with van der Waals surface area (Å²) in [5, 5.41) is 0. The van der Waals surface area contributed by atoms with Crippen LogP contribution >= 0.6 is 0 Å². The van der Waals surface area contributed by atoms with Crippen molar-refractivity contribution in [3.8, 4) is 0 Å². The standard InChI is InChI=1S/C12H22O2.C8H15NO2/c1-10(2)8-6-5-7-9-14-12(13)11(3)4;1-7(2)8(10)11-6-5-9(3)4/h10H,3,5-9H2,1-2,4H3;1,5-6H2,2-4H3. The maximum Gasteiger partial charge on any atom is 0.333 e. The number of carbonyl (C=O) groups excluding carboxylic acids is 2. The molecule has 0 spiro atoms. The minimum atomic E-state index is -0.313. The molecule has 0 atom stereocenters. The topological polar surface area (TPSA) is 55.8 Å². The number of likely N-dealkylation sites (N-methyl/N-ethyl adjacent to an activating group) is 1. The summed E-state index contributed by atoms with van der Waals surface area (Å²) in [6.07, 6.45) is 4.59. The summed E-state index contributed by atoms with van der Waals surface area (Å²) in [5.41, 5.74) is 0.927. The van der Waals surface area contributed by atoms with Crippen LogP contribution in [0, 0.1) is 5.92 Å². The molecule has 0 saturated heterocycles. The van der Waals surface area contributed by atoms with E-state index in [-0.39, 0.29) is 11.9 Å². The van der Waals surface area contributed by atoms with Crippen molar-refractivity contribution in [3.63, 3.8) is 0 Å². The molecule has 0 fully saturated rings. The first kappa shape index (κ1) is 25.6. The average Bonchev–Trinajstić information content (AvgIpc) is 2.50. The van der Waals surface area contributed by atoms with Gasteiger partial charge in [0.1, 0.15) is 6.61 Å². The largest absolute Gasteiger partial charge is 0.462 e. The summed E-state index contributed by atoms with van der Waals surface area (Å²) in [6, 6.07) is 0. The van der Waals surface area contributed by atoms with Gasteiger partial charge in [-0.15, -0.1) is 0 Å². The highest BCUT2D eigenvalue weighted by molar-refractivity contribution is 5.87. The molecule has 0 aromatic rings. The maximum absolute atomic E-state index is 11.0. The van der Waals surface area contributed by atoms with Gasteiger partial charge in [-0.05, 0) is 40.3 Å². The number of hydrogen-bond donors (Lipinski definition) is 0. The van der Waals surface area contributed by atoms with Crippen LogP contribution in [-0.4, -0.2) is 50.7 Å². The Morgan fingerprint density at radius 2 is 1.36 bits per heavy atom. The van der Waals surface area contributed by atoms with E-state index in [2.05, 4.69) is 27.0 Å². The molecule has 0 aliphatic rings. The zero-order valence-electron chi connectivity index (χ0n) is 17.0. The average molecular weight is 356 g/mol. The molecule has 0 aromatic heterocycles. The van der Waals surface area contributed by atoms with E-state index in [9.17, 15) is 9.59 Å². The molecule has 0 aliphatic carbocycles. The van der Waals surface area contributed by atoms with E-state index in [4.69, 9.17) is 9.47 Å². The molecule has 0 amide bonds. The Kier molecular flexibility index (Phi) is 16.3. The van der Waals surface area contributed by atoms with Gasteiger partial charge >= 0.3 is 11.9 Å². The first-order chi connectivity index (χ1) is 11.6. The van der Waals surface area contributed by atoms with Crippen LogP contribution in [0.25, 0.3) is 0 Å². The predicted octanol–water partition coefficient (Wildman–Crippen LogP) is 3.99. The Morgan fingerprint density at radius 3 is 1.76 bits per heavy atom. The lowest BCUT2D eigenvalue weighted by Crippen LogP contribution is -2.20. The third kappa shape index (κ3) is 20.3. The fraction of sp³-hybridized carbons (Fsp3) is 0.700. The van der Waals surface area contributed by atoms with E-state index in [0.717, 1.165) is 25.3 Å². The van der Waals surface area contributed by atoms with Gasteiger partial charge in [-0.1, -0.05) is 46.3 Å². The van der Waals surface area contributed by atoms with E-state index < -0.39 is 0 Å². The van der Waals surface area contributed by atoms with Crippen molar-refractivity contribution >= 4 is 11.9 Å². The zero-order valence-corrected chi connectivity index (χ0v) is 17.0. The Labute approximate surface area is 154 Å². The molecule has 5 heteroatoms. The van der Waals surface area contributed by atoms with Gasteiger partial charge in [0.25, 0.3) is 0 Å². The lowest BCUT2D eigenvalue weighted by atomic mass is 10.1. The van der Waals surface area contributed by atoms with Gasteiger partial charge in [0.15, 0.2) is 0 Å². The smallest absolute Gasteiger partial charge is 0.333 e. The minimum Gasteiger partial charge on any atom is -0.462 e. The molecule has 0 unspecified atom stereocenters. The Hall–Kier alpha value is -1.62. The second-order valence-corrected chi connectivity index (χ2v) is 6.88. The summed E-state index contributed by atoms with van der Waals surface area (Å²) >= 11 is 0. The Balaban J connectivity index is 0. The van der Waals surface area contributed by atoms with Gasteiger partial charge in [-0.3, -0.25) is 0 Å². The third-order valence-corrected chi connectivity index (χ3v) is 3.13. The highest BCUT2D eigenvalue weighted by Gasteiger charge is 2.02. The molecular weight excluding hydrogens is 318 g/mol. The highest BCUT2D eigenvalue weighted by atomic mass is 16.5. The normalized spacial score (nSPS) is 10.1. The van der Waals surface area contributed by atoms with Crippen LogP contribution in [0.5, 0.6) is 0 Å². The molecule has 5 nitrogen and oxygen atoms in total. The molecule has 0 rings (SSSR count). The molecule has 0 aliphatic heterocycles. The van der Waals surface area contributed by atoms with Crippen molar-refractivity contribution in [2.24, 2.45) is 5.92 Å². The van der Waals surface area contributed by atoms with Crippen LogP contribution < -0.4 is 0 Å². The van der Waals surface area contributed by atoms with Crippen molar-refractivity contribution in [2.45, 2.75) is 53.4 Å². The van der Waals surface area contributed by atoms with Gasteiger partial charge in [0.05, 0.1) is 6.61 Å². The highest BCUT2D eigenvalue weighted by Crippen LogP contribution is 2.08. The van der Waals surface area contributed by atoms with Gasteiger partial charge in [-0.2, -0.15) is 0 Å². The first-order valence-corrected chi connectivity index (χ1v) is 8.87. The SMILES string of the molecule is C=C(C)C(=O)OCCCCCC(C)C.C=C(C)C(=O)OCCN(C)C. The van der Waals surface area contributed by atoms with Crippen molar-refractivity contribution < 1.29 is 19.1 Å². The van der Waals surface area contributed by atoms with Gasteiger partial charge in [0, 0.05) is 17.7 Å². The maximum atomic E-state index is 11.0. The van der Waals surface area contributed by atoms with Crippen molar-refractivity contribution in [1.29, 1.82) is 0 Å². The summed E-state index contributed by atoms with van der Waals surface area (Å²) < 4.78 is 9.81. The van der Waals surface area contributed by atoms with E-state index in [1.807, 2.05) is 19.0 Å². The summed E-state index contributed by atoms with van der Waals surface area (Å²) in [7, 11) is 3.85. The fourth-order valence-electron chi connectivity index (χ4n) is 1.56. The zero-order chi connectivity index (χ0) is 19.8. The van der Waals surface area contributed by atoms with E-state index in [1.165, 1.54) is 12.8 Å². The number of esters is 2. The number of hydrogen-bond acceptors (Lipinski definition) is 5. The predicted molar refractivity (Wildman–Crippen MR) is 103 cm³/mol. The van der Waals surface area contributed by atoms with Gasteiger partial charge in [0.2, 0.25) is 0 Å². The molecule has 25 heavy (non-hydrogen) atoms. The van der Waals surface area contributed by atoms with Crippen molar-refractivity contribution in [2.75, 3.05) is 33.9 Å². The third-order valence-electron chi connectivity index (χ3n) is 3.13. The fourth-order valence-corrected chi connectivity index (χ4v) is 1.56. The van der Waals surface area contributed by atoms with Crippen molar-refractivity contribution in [3.05, 3.63) is 24.3 Å². The van der Waals surface area contributed by atoms with Crippen LogP contribution in [0.4, 0.5) is 0 Å². The summed E-state index contributed by atoms with van der Waals surface area (Å²) in [4.78, 5) is 23.7. The summed E-state index contributed by atoms with van der Waals surface area (Å²) in [6.45, 7) is 16.4. The first-order valence-electron chi connectivity index (χ1n) is 8.87. The molecule has 0 radical (unpaired) electrons. The van der Waals surface area contributed by atoms with Gasteiger partial charge < -0.3 is 14.4 Å². The molecule has 0 aromatic carbocycles. The van der Waals surface area contributed by atoms with E-state index >= 15 is 0 Å². The molecule has 146 valence electrons. The van der Waals surface area contributed by atoms with Crippen molar-refractivity contribution in [1.82, 2.24) is 4.90 Å². The number of rotatable bonds is 11. The van der Waals surface area contributed by atoms with Crippen LogP contribution in [0.2, 0.25) is 0 Å². The molecule has 0 saturated carbocycles. The number of nitrogens with zero attached hydrogens (tertiary/aromatic N) is 1. The van der Waals surface area contributed by atoms with Crippen LogP contribution in [-0.2, 0) is 19.1 Å². The molecule has 0 heterocycles. The Bertz CT molecular complexity index is 414. The number of carbonyl (C=O) groups is 2. The van der Waals surface area contributed by atoms with E-state index in [1.54, 1.807) is 13.8 Å². The molecule has 0 bridgehead atoms.